The van der Waals surface area contributed by atoms with Crippen LogP contribution in [-0.4, -0.2) is 24.0 Å². The molecule has 0 aliphatic heterocycles. The Kier molecular flexibility index (Phi) is 6.95. The van der Waals surface area contributed by atoms with Gasteiger partial charge in [0.1, 0.15) is 5.75 Å². The molecule has 0 spiro atoms. The number of guanidine groups is 1. The first-order valence-corrected chi connectivity index (χ1v) is 9.43. The van der Waals surface area contributed by atoms with Gasteiger partial charge in [0.15, 0.2) is 0 Å². The first kappa shape index (κ1) is 20.1. The van der Waals surface area contributed by atoms with Gasteiger partial charge >= 0.3 is 0 Å². The van der Waals surface area contributed by atoms with E-state index in [0.29, 0.717) is 29.5 Å². The third-order valence-electron chi connectivity index (χ3n) is 4.36. The minimum absolute atomic E-state index is 0.236. The molecule has 2 N–H and O–H groups in total. The fraction of sp³-hybridized carbons (Fsp3) is 0.174. The van der Waals surface area contributed by atoms with E-state index in [1.54, 1.807) is 19.5 Å². The molecular weight excluding hydrogens is 364 g/mol. The van der Waals surface area contributed by atoms with Crippen LogP contribution in [0.2, 0.25) is 0 Å². The predicted octanol–water partition coefficient (Wildman–Crippen LogP) is 4.05. The molecule has 3 rings (SSSR count). The maximum Gasteiger partial charge on any atom is 0.257 e. The van der Waals surface area contributed by atoms with Crippen LogP contribution in [0.5, 0.6) is 5.75 Å². The summed E-state index contributed by atoms with van der Waals surface area (Å²) in [5.74, 6) is 0.756. The lowest BCUT2D eigenvalue weighted by atomic mass is 10.1. The number of rotatable bonds is 6. The highest BCUT2D eigenvalue weighted by Gasteiger charge is 2.11. The molecule has 3 aromatic rings. The average molecular weight is 388 g/mol. The van der Waals surface area contributed by atoms with E-state index in [1.807, 2.05) is 60.7 Å². The van der Waals surface area contributed by atoms with Gasteiger partial charge in [0.05, 0.1) is 19.3 Å². The van der Waals surface area contributed by atoms with E-state index in [2.05, 4.69) is 27.5 Å². The van der Waals surface area contributed by atoms with Crippen LogP contribution in [0.4, 0.5) is 5.69 Å². The monoisotopic (exact) mass is 388 g/mol. The van der Waals surface area contributed by atoms with Gasteiger partial charge in [-0.2, -0.15) is 0 Å². The van der Waals surface area contributed by atoms with Gasteiger partial charge in [0.25, 0.3) is 5.91 Å². The minimum Gasteiger partial charge on any atom is -0.495 e. The number of carbonyl (C=O) groups excluding carboxylic acids is 1. The van der Waals surface area contributed by atoms with Gasteiger partial charge in [0, 0.05) is 18.0 Å². The van der Waals surface area contributed by atoms with E-state index in [1.165, 1.54) is 5.56 Å². The lowest BCUT2D eigenvalue weighted by molar-refractivity contribution is 0.0977. The van der Waals surface area contributed by atoms with Gasteiger partial charge in [-0.05, 0) is 47.9 Å². The molecule has 6 heteroatoms. The number of nitrogens with one attached hydrogen (secondary N) is 2. The molecule has 1 aromatic heterocycles. The van der Waals surface area contributed by atoms with Crippen molar-refractivity contribution >= 4 is 17.6 Å². The number of nitrogens with zero attached hydrogens (tertiary/aromatic N) is 2. The van der Waals surface area contributed by atoms with Crippen LogP contribution >= 0.6 is 0 Å². The molecule has 0 bridgehead atoms. The van der Waals surface area contributed by atoms with Crippen molar-refractivity contribution in [1.29, 1.82) is 0 Å². The van der Waals surface area contributed by atoms with E-state index in [0.717, 1.165) is 12.0 Å². The minimum atomic E-state index is -0.236. The summed E-state index contributed by atoms with van der Waals surface area (Å²) in [7, 11) is 1.60. The van der Waals surface area contributed by atoms with Gasteiger partial charge in [-0.25, -0.2) is 4.99 Å². The zero-order valence-corrected chi connectivity index (χ0v) is 16.6. The van der Waals surface area contributed by atoms with Gasteiger partial charge in [-0.15, -0.1) is 0 Å². The molecule has 1 heterocycles. The molecule has 0 fully saturated rings. The second-order valence-corrected chi connectivity index (χ2v) is 6.36. The molecule has 0 atom stereocenters. The number of anilines is 1. The Morgan fingerprint density at radius 2 is 1.83 bits per heavy atom. The Bertz CT molecular complexity index is 970. The van der Waals surface area contributed by atoms with Gasteiger partial charge in [-0.3, -0.25) is 15.1 Å². The van der Waals surface area contributed by atoms with Gasteiger partial charge in [0.2, 0.25) is 5.96 Å². The van der Waals surface area contributed by atoms with Crippen molar-refractivity contribution in [3.8, 4) is 5.75 Å². The quantitative estimate of drug-likeness (QED) is 0.493. The van der Waals surface area contributed by atoms with E-state index in [-0.39, 0.29) is 5.91 Å². The van der Waals surface area contributed by atoms with Crippen molar-refractivity contribution in [2.75, 3.05) is 12.4 Å². The van der Waals surface area contributed by atoms with Gasteiger partial charge in [-0.1, -0.05) is 37.3 Å². The molecule has 0 aliphatic rings. The highest BCUT2D eigenvalue weighted by atomic mass is 16.5. The number of pyridine rings is 1. The van der Waals surface area contributed by atoms with Crippen molar-refractivity contribution < 1.29 is 9.53 Å². The summed E-state index contributed by atoms with van der Waals surface area (Å²) in [5, 5.41) is 6.03. The highest BCUT2D eigenvalue weighted by molar-refractivity contribution is 6.10. The molecule has 0 saturated heterocycles. The van der Waals surface area contributed by atoms with E-state index in [4.69, 9.17) is 4.74 Å². The fourth-order valence-corrected chi connectivity index (χ4v) is 2.72. The predicted molar refractivity (Wildman–Crippen MR) is 115 cm³/mol. The smallest absolute Gasteiger partial charge is 0.257 e. The largest absolute Gasteiger partial charge is 0.495 e. The summed E-state index contributed by atoms with van der Waals surface area (Å²) in [6.45, 7) is 2.45. The third kappa shape index (κ3) is 5.65. The molecule has 0 radical (unpaired) electrons. The Balaban J connectivity index is 1.82. The van der Waals surface area contributed by atoms with E-state index >= 15 is 0 Å². The fourth-order valence-electron chi connectivity index (χ4n) is 2.72. The number of ether oxygens (including phenoxy) is 1. The summed E-state index contributed by atoms with van der Waals surface area (Å²) >= 11 is 0. The standard InChI is InChI=1S/C23H24N4O2/c1-3-17-10-12-19(13-11-17)22(28)27-23(25-16-18-7-6-14-24-15-18)26-20-8-4-5-9-21(20)29-2/h4-15H,3,16H2,1-2H3,(H2,25,26,27,28). The second kappa shape index (κ2) is 10.0. The molecule has 1 amide bonds. The van der Waals surface area contributed by atoms with Crippen LogP contribution in [0.1, 0.15) is 28.4 Å². The molecule has 0 saturated carbocycles. The second-order valence-electron chi connectivity index (χ2n) is 6.36. The lowest BCUT2D eigenvalue weighted by Crippen LogP contribution is -2.36. The molecule has 2 aromatic carbocycles. The number of aliphatic imine (C=N–C) groups is 1. The highest BCUT2D eigenvalue weighted by Crippen LogP contribution is 2.23. The maximum atomic E-state index is 12.7. The van der Waals surface area contributed by atoms with Crippen molar-refractivity contribution in [3.63, 3.8) is 0 Å². The van der Waals surface area contributed by atoms with Crippen LogP contribution in [0, 0.1) is 0 Å². The van der Waals surface area contributed by atoms with Crippen LogP contribution in [0.15, 0.2) is 78.0 Å². The molecular formula is C23H24N4O2. The Hall–Kier alpha value is -3.67. The lowest BCUT2D eigenvalue weighted by Gasteiger charge is -2.14. The number of hydrogen-bond donors (Lipinski definition) is 2. The summed E-state index contributed by atoms with van der Waals surface area (Å²) in [4.78, 5) is 21.4. The average Bonchev–Trinajstić information content (AvgIpc) is 2.78. The van der Waals surface area contributed by atoms with E-state index in [9.17, 15) is 4.79 Å². The maximum absolute atomic E-state index is 12.7. The van der Waals surface area contributed by atoms with Crippen molar-refractivity contribution in [1.82, 2.24) is 10.3 Å². The SMILES string of the molecule is CCc1ccc(C(=O)NC(=NCc2cccnc2)Nc2ccccc2OC)cc1. The topological polar surface area (TPSA) is 75.6 Å². The number of para-hydroxylation sites is 2. The third-order valence-corrected chi connectivity index (χ3v) is 4.36. The number of amides is 1. The van der Waals surface area contributed by atoms with Crippen molar-refractivity contribution in [2.45, 2.75) is 19.9 Å². The van der Waals surface area contributed by atoms with Crippen LogP contribution in [0.25, 0.3) is 0 Å². The van der Waals surface area contributed by atoms with Crippen molar-refractivity contribution in [3.05, 3.63) is 89.7 Å². The molecule has 29 heavy (non-hydrogen) atoms. The first-order valence-electron chi connectivity index (χ1n) is 9.43. The summed E-state index contributed by atoms with van der Waals surface area (Å²) < 4.78 is 5.38. The summed E-state index contributed by atoms with van der Waals surface area (Å²) in [5.41, 5.74) is 3.40. The number of aromatic nitrogens is 1. The zero-order chi connectivity index (χ0) is 20.5. The summed E-state index contributed by atoms with van der Waals surface area (Å²) in [6, 6.07) is 18.8. The van der Waals surface area contributed by atoms with Gasteiger partial charge < -0.3 is 10.1 Å². The number of benzene rings is 2. The van der Waals surface area contributed by atoms with Crippen molar-refractivity contribution in [2.24, 2.45) is 4.99 Å². The summed E-state index contributed by atoms with van der Waals surface area (Å²) in [6.07, 6.45) is 4.38. The first-order chi connectivity index (χ1) is 14.2. The molecule has 0 unspecified atom stereocenters. The van der Waals surface area contributed by atoms with Crippen LogP contribution < -0.4 is 15.4 Å². The van der Waals surface area contributed by atoms with Crippen LogP contribution in [-0.2, 0) is 13.0 Å². The number of methoxy groups -OCH3 is 1. The normalized spacial score (nSPS) is 11.0. The molecule has 6 nitrogen and oxygen atoms in total. The zero-order valence-electron chi connectivity index (χ0n) is 16.6. The number of aryl methyl sites for hydroxylation is 1. The number of hydrogen-bond acceptors (Lipinski definition) is 4. The van der Waals surface area contributed by atoms with E-state index < -0.39 is 0 Å². The molecule has 0 aliphatic carbocycles. The number of carbonyl (C=O) groups is 1. The Morgan fingerprint density at radius 1 is 1.03 bits per heavy atom. The van der Waals surface area contributed by atoms with Crippen LogP contribution in [0.3, 0.4) is 0 Å². The Morgan fingerprint density at radius 3 is 2.52 bits per heavy atom. The Labute approximate surface area is 170 Å². The molecule has 148 valence electrons.